The Kier molecular flexibility index (Phi) is 5.85. The molecule has 0 saturated heterocycles. The van der Waals surface area contributed by atoms with Gasteiger partial charge in [0.2, 0.25) is 0 Å². The predicted molar refractivity (Wildman–Crippen MR) is 98.1 cm³/mol. The van der Waals surface area contributed by atoms with Crippen LogP contribution in [0.15, 0.2) is 39.3 Å². The van der Waals surface area contributed by atoms with Crippen molar-refractivity contribution in [3.05, 3.63) is 55.1 Å². The lowest BCUT2D eigenvalue weighted by Gasteiger charge is -2.13. The van der Waals surface area contributed by atoms with Gasteiger partial charge in [0.25, 0.3) is 0 Å². The summed E-state index contributed by atoms with van der Waals surface area (Å²) in [5, 5.41) is 6.78. The molecule has 0 aliphatic rings. The van der Waals surface area contributed by atoms with Crippen LogP contribution in [0.25, 0.3) is 0 Å². The molecule has 8 heteroatoms. The van der Waals surface area contributed by atoms with Crippen LogP contribution in [0.4, 0.5) is 15.8 Å². The highest BCUT2D eigenvalue weighted by molar-refractivity contribution is 9.11. The van der Waals surface area contributed by atoms with Gasteiger partial charge in [-0.3, -0.25) is 0 Å². The third kappa shape index (κ3) is 4.53. The number of benzene rings is 2. The Hall–Kier alpha value is -0.400. The molecule has 2 rings (SSSR count). The molecule has 0 heterocycles. The van der Waals surface area contributed by atoms with Gasteiger partial charge in [-0.1, -0.05) is 39.1 Å². The smallest absolute Gasteiger partial charge is 0.175 e. The van der Waals surface area contributed by atoms with Crippen LogP contribution in [-0.2, 0) is 0 Å². The third-order valence-electron chi connectivity index (χ3n) is 2.42. The summed E-state index contributed by atoms with van der Waals surface area (Å²) in [5.41, 5.74) is 0.895. The molecule has 0 aliphatic heterocycles. The van der Waals surface area contributed by atoms with Crippen molar-refractivity contribution in [1.29, 1.82) is 0 Å². The fourth-order valence-electron chi connectivity index (χ4n) is 1.51. The average Bonchev–Trinajstić information content (AvgIpc) is 2.38. The van der Waals surface area contributed by atoms with E-state index in [2.05, 4.69) is 42.5 Å². The summed E-state index contributed by atoms with van der Waals surface area (Å²) >= 11 is 23.4. The number of hydrogen-bond acceptors (Lipinski definition) is 1. The molecular weight excluding hydrogens is 466 g/mol. The van der Waals surface area contributed by atoms with E-state index in [4.69, 9.17) is 35.4 Å². The molecule has 110 valence electrons. The molecule has 0 spiro atoms. The van der Waals surface area contributed by atoms with Crippen molar-refractivity contribution in [2.24, 2.45) is 0 Å². The van der Waals surface area contributed by atoms with Gasteiger partial charge in [0, 0.05) is 14.6 Å². The molecule has 2 N–H and O–H groups in total. The summed E-state index contributed by atoms with van der Waals surface area (Å²) in [6.07, 6.45) is 0. The fourth-order valence-corrected chi connectivity index (χ4v) is 3.30. The first kappa shape index (κ1) is 17.0. The Morgan fingerprint density at radius 1 is 1.05 bits per heavy atom. The molecule has 0 bridgehead atoms. The zero-order chi connectivity index (χ0) is 15.6. The van der Waals surface area contributed by atoms with E-state index in [9.17, 15) is 4.39 Å². The predicted octanol–water partition coefficient (Wildman–Crippen LogP) is 6.47. The van der Waals surface area contributed by atoms with E-state index in [1.807, 2.05) is 0 Å². The molecule has 0 aromatic heterocycles. The Morgan fingerprint density at radius 3 is 2.38 bits per heavy atom. The summed E-state index contributed by atoms with van der Waals surface area (Å²) in [6, 6.07) is 8.05. The van der Waals surface area contributed by atoms with E-state index in [1.54, 1.807) is 24.3 Å². The molecule has 2 nitrogen and oxygen atoms in total. The van der Waals surface area contributed by atoms with Gasteiger partial charge < -0.3 is 10.6 Å². The minimum atomic E-state index is -0.436. The summed E-state index contributed by atoms with van der Waals surface area (Å²) < 4.78 is 15.1. The first-order chi connectivity index (χ1) is 9.86. The molecule has 21 heavy (non-hydrogen) atoms. The van der Waals surface area contributed by atoms with Crippen molar-refractivity contribution < 1.29 is 4.39 Å². The standard InChI is InChI=1S/C13H7Br2Cl2FN2S/c14-6-3-8(15)12(11(18)4-6)20-13(21)19-7-1-2-9(16)10(17)5-7/h1-5H,(H2,19,20,21). The summed E-state index contributed by atoms with van der Waals surface area (Å²) in [6.45, 7) is 0. The van der Waals surface area contributed by atoms with E-state index in [0.717, 1.165) is 0 Å². The summed E-state index contributed by atoms with van der Waals surface area (Å²) in [7, 11) is 0. The SMILES string of the molecule is Fc1cc(Br)cc(Br)c1NC(=S)Nc1ccc(Cl)c(Cl)c1. The molecular formula is C13H7Br2Cl2FN2S. The molecule has 0 amide bonds. The molecule has 2 aromatic carbocycles. The van der Waals surface area contributed by atoms with Gasteiger partial charge in [0.05, 0.1) is 15.7 Å². The topological polar surface area (TPSA) is 24.1 Å². The normalized spacial score (nSPS) is 10.3. The quantitative estimate of drug-likeness (QED) is 0.490. The third-order valence-corrected chi connectivity index (χ3v) is 4.45. The Balaban J connectivity index is 2.13. The zero-order valence-corrected chi connectivity index (χ0v) is 15.7. The molecule has 0 saturated carbocycles. The number of hydrogen-bond donors (Lipinski definition) is 2. The lowest BCUT2D eigenvalue weighted by molar-refractivity contribution is 0.630. The van der Waals surface area contributed by atoms with Crippen LogP contribution in [-0.4, -0.2) is 5.11 Å². The van der Waals surface area contributed by atoms with E-state index in [0.29, 0.717) is 24.7 Å². The number of rotatable bonds is 2. The average molecular weight is 473 g/mol. The van der Waals surface area contributed by atoms with Gasteiger partial charge in [0.15, 0.2) is 5.11 Å². The number of nitrogens with one attached hydrogen (secondary N) is 2. The maximum absolute atomic E-state index is 13.9. The van der Waals surface area contributed by atoms with E-state index in [-0.39, 0.29) is 10.8 Å². The van der Waals surface area contributed by atoms with Crippen molar-refractivity contribution in [2.75, 3.05) is 10.6 Å². The zero-order valence-electron chi connectivity index (χ0n) is 10.2. The highest BCUT2D eigenvalue weighted by Crippen LogP contribution is 2.30. The van der Waals surface area contributed by atoms with Crippen molar-refractivity contribution in [3.63, 3.8) is 0 Å². The van der Waals surface area contributed by atoms with Crippen LogP contribution in [0, 0.1) is 5.82 Å². The minimum absolute atomic E-state index is 0.232. The Labute approximate surface area is 153 Å². The van der Waals surface area contributed by atoms with Gasteiger partial charge in [-0.15, -0.1) is 0 Å². The fraction of sp³-hybridized carbons (Fsp3) is 0. The number of thiocarbonyl (C=S) groups is 1. The van der Waals surface area contributed by atoms with E-state index >= 15 is 0 Å². The molecule has 0 aliphatic carbocycles. The van der Waals surface area contributed by atoms with Crippen molar-refractivity contribution in [3.8, 4) is 0 Å². The Bertz CT molecular complexity index is 690. The molecule has 2 aromatic rings. The van der Waals surface area contributed by atoms with Gasteiger partial charge in [-0.25, -0.2) is 4.39 Å². The van der Waals surface area contributed by atoms with Gasteiger partial charge in [-0.05, 0) is 58.5 Å². The second kappa shape index (κ2) is 7.24. The van der Waals surface area contributed by atoms with Crippen LogP contribution >= 0.6 is 67.3 Å². The van der Waals surface area contributed by atoms with Crippen LogP contribution in [0.5, 0.6) is 0 Å². The highest BCUT2D eigenvalue weighted by Gasteiger charge is 2.10. The molecule has 0 atom stereocenters. The maximum atomic E-state index is 13.9. The van der Waals surface area contributed by atoms with E-state index in [1.165, 1.54) is 6.07 Å². The largest absolute Gasteiger partial charge is 0.332 e. The first-order valence-corrected chi connectivity index (χ1v) is 8.29. The van der Waals surface area contributed by atoms with Crippen LogP contribution < -0.4 is 10.6 Å². The summed E-state index contributed by atoms with van der Waals surface area (Å²) in [5.74, 6) is -0.436. The van der Waals surface area contributed by atoms with Crippen LogP contribution in [0.3, 0.4) is 0 Å². The first-order valence-electron chi connectivity index (χ1n) is 5.54. The second-order valence-electron chi connectivity index (χ2n) is 3.95. The lowest BCUT2D eigenvalue weighted by Crippen LogP contribution is -2.20. The van der Waals surface area contributed by atoms with E-state index < -0.39 is 5.82 Å². The number of halogens is 5. The number of anilines is 2. The van der Waals surface area contributed by atoms with Crippen LogP contribution in [0.2, 0.25) is 10.0 Å². The van der Waals surface area contributed by atoms with Crippen molar-refractivity contribution in [1.82, 2.24) is 0 Å². The summed E-state index contributed by atoms with van der Waals surface area (Å²) in [4.78, 5) is 0. The van der Waals surface area contributed by atoms with Gasteiger partial charge >= 0.3 is 0 Å². The van der Waals surface area contributed by atoms with Crippen LogP contribution in [0.1, 0.15) is 0 Å². The van der Waals surface area contributed by atoms with Crippen molar-refractivity contribution in [2.45, 2.75) is 0 Å². The lowest BCUT2D eigenvalue weighted by atomic mass is 10.3. The maximum Gasteiger partial charge on any atom is 0.175 e. The molecule has 0 radical (unpaired) electrons. The van der Waals surface area contributed by atoms with Crippen molar-refractivity contribution >= 4 is 83.8 Å². The highest BCUT2D eigenvalue weighted by atomic mass is 79.9. The Morgan fingerprint density at radius 2 is 1.76 bits per heavy atom. The van der Waals surface area contributed by atoms with Gasteiger partial charge in [0.1, 0.15) is 5.82 Å². The molecule has 0 unspecified atom stereocenters. The molecule has 0 fully saturated rings. The second-order valence-corrected chi connectivity index (χ2v) is 6.95. The minimum Gasteiger partial charge on any atom is -0.332 e. The van der Waals surface area contributed by atoms with Gasteiger partial charge in [-0.2, -0.15) is 0 Å². The monoisotopic (exact) mass is 470 g/mol.